The van der Waals surface area contributed by atoms with Crippen molar-refractivity contribution in [3.05, 3.63) is 99.0 Å². The molecule has 0 spiro atoms. The van der Waals surface area contributed by atoms with Crippen molar-refractivity contribution in [3.8, 4) is 5.75 Å². The number of nitrogens with one attached hydrogen (secondary N) is 1. The largest absolute Gasteiger partial charge is 0.489 e. The van der Waals surface area contributed by atoms with Crippen LogP contribution in [0.5, 0.6) is 5.75 Å². The van der Waals surface area contributed by atoms with Gasteiger partial charge in [-0.3, -0.25) is 4.79 Å². The number of ether oxygens (including phenoxy) is 1. The van der Waals surface area contributed by atoms with E-state index < -0.39 is 0 Å². The quantitative estimate of drug-likeness (QED) is 0.340. The molecule has 3 nitrogen and oxygen atoms in total. The second-order valence-electron chi connectivity index (χ2n) is 5.91. The van der Waals surface area contributed by atoms with Gasteiger partial charge >= 0.3 is 0 Å². The molecule has 28 heavy (non-hydrogen) atoms. The minimum Gasteiger partial charge on any atom is -0.489 e. The zero-order valence-electron chi connectivity index (χ0n) is 14.7. The molecule has 1 amide bonds. The monoisotopic (exact) mass is 431 g/mol. The van der Waals surface area contributed by atoms with E-state index in [0.29, 0.717) is 27.4 Å². The van der Waals surface area contributed by atoms with Crippen LogP contribution in [0, 0.1) is 0 Å². The van der Waals surface area contributed by atoms with E-state index in [-0.39, 0.29) is 5.91 Å². The minimum absolute atomic E-state index is 0.316. The first-order valence-corrected chi connectivity index (χ1v) is 9.55. The summed E-state index contributed by atoms with van der Waals surface area (Å²) in [7, 11) is 0. The Morgan fingerprint density at radius 2 is 1.57 bits per heavy atom. The Morgan fingerprint density at radius 1 is 0.893 bits per heavy atom. The molecule has 0 unspecified atom stereocenters. The molecule has 0 aliphatic rings. The van der Waals surface area contributed by atoms with Crippen LogP contribution in [-0.2, 0) is 11.4 Å². The average molecular weight is 433 g/mol. The van der Waals surface area contributed by atoms with E-state index in [0.717, 1.165) is 16.9 Å². The smallest absolute Gasteiger partial charge is 0.248 e. The van der Waals surface area contributed by atoms with E-state index in [1.165, 1.54) is 18.2 Å². The van der Waals surface area contributed by atoms with Crippen LogP contribution in [0.1, 0.15) is 11.1 Å². The van der Waals surface area contributed by atoms with E-state index in [1.807, 2.05) is 54.6 Å². The van der Waals surface area contributed by atoms with Crippen LogP contribution in [0.4, 0.5) is 5.69 Å². The highest BCUT2D eigenvalue weighted by Gasteiger charge is 2.07. The normalized spacial score (nSPS) is 10.8. The number of carbonyl (C=O) groups is 1. The van der Waals surface area contributed by atoms with E-state index >= 15 is 0 Å². The number of hydrogen-bond donors (Lipinski definition) is 1. The molecule has 3 aromatic carbocycles. The molecule has 3 rings (SSSR count). The predicted molar refractivity (Wildman–Crippen MR) is 116 cm³/mol. The molecular formula is C22H16Cl3NO2. The van der Waals surface area contributed by atoms with Crippen LogP contribution < -0.4 is 10.1 Å². The van der Waals surface area contributed by atoms with Gasteiger partial charge in [-0.25, -0.2) is 0 Å². The van der Waals surface area contributed by atoms with Crippen molar-refractivity contribution in [2.75, 3.05) is 5.32 Å². The average Bonchev–Trinajstić information content (AvgIpc) is 2.70. The molecule has 0 bridgehead atoms. The van der Waals surface area contributed by atoms with Crippen LogP contribution in [0.15, 0.2) is 72.8 Å². The maximum atomic E-state index is 12.1. The third-order valence-corrected chi connectivity index (χ3v) is 4.86. The molecule has 0 aromatic heterocycles. The topological polar surface area (TPSA) is 38.3 Å². The van der Waals surface area contributed by atoms with Crippen LogP contribution in [0.25, 0.3) is 6.08 Å². The molecule has 0 saturated heterocycles. The van der Waals surface area contributed by atoms with Gasteiger partial charge in [-0.05, 0) is 41.5 Å². The van der Waals surface area contributed by atoms with Gasteiger partial charge in [0.25, 0.3) is 0 Å². The van der Waals surface area contributed by atoms with Crippen LogP contribution in [-0.4, -0.2) is 5.91 Å². The first kappa shape index (κ1) is 20.3. The molecule has 6 heteroatoms. The third kappa shape index (κ3) is 5.77. The van der Waals surface area contributed by atoms with Crippen molar-refractivity contribution in [3.63, 3.8) is 0 Å². The summed E-state index contributed by atoms with van der Waals surface area (Å²) in [6, 6.07) is 20.4. The lowest BCUT2D eigenvalue weighted by Crippen LogP contribution is -2.08. The van der Waals surface area contributed by atoms with E-state index in [1.54, 1.807) is 6.08 Å². The number of rotatable bonds is 6. The van der Waals surface area contributed by atoms with Crippen LogP contribution >= 0.6 is 34.8 Å². The van der Waals surface area contributed by atoms with E-state index in [2.05, 4.69) is 5.32 Å². The molecule has 0 radical (unpaired) electrons. The van der Waals surface area contributed by atoms with Gasteiger partial charge in [-0.2, -0.15) is 0 Å². The SMILES string of the molecule is O=C(/C=C/c1ccc(OCc2ccccc2)cc1)Nc1cc(Cl)c(Cl)cc1Cl. The number of carbonyl (C=O) groups excluding carboxylic acids is 1. The van der Waals surface area contributed by atoms with Gasteiger partial charge in [0, 0.05) is 6.08 Å². The number of amides is 1. The summed E-state index contributed by atoms with van der Waals surface area (Å²) in [6.45, 7) is 0.503. The zero-order valence-corrected chi connectivity index (χ0v) is 16.9. The standard InChI is InChI=1S/C22H16Cl3NO2/c23-18-12-20(25)21(13-19(18)24)26-22(27)11-8-15-6-9-17(10-7-15)28-14-16-4-2-1-3-5-16/h1-13H,14H2,(H,26,27)/b11-8+. The van der Waals surface area contributed by atoms with Crippen molar-refractivity contribution >= 4 is 52.5 Å². The maximum absolute atomic E-state index is 12.1. The van der Waals surface area contributed by atoms with Gasteiger partial charge < -0.3 is 10.1 Å². The summed E-state index contributed by atoms with van der Waals surface area (Å²) in [5.74, 6) is 0.428. The van der Waals surface area contributed by atoms with Crippen molar-refractivity contribution < 1.29 is 9.53 Å². The Kier molecular flexibility index (Phi) is 6.99. The van der Waals surface area contributed by atoms with Gasteiger partial charge in [0.05, 0.1) is 20.8 Å². The minimum atomic E-state index is -0.329. The fourth-order valence-electron chi connectivity index (χ4n) is 2.38. The molecule has 142 valence electrons. The molecular weight excluding hydrogens is 417 g/mol. The summed E-state index contributed by atoms with van der Waals surface area (Å²) in [6.07, 6.45) is 3.11. The Bertz CT molecular complexity index is 987. The molecule has 1 N–H and O–H groups in total. The van der Waals surface area contributed by atoms with E-state index in [4.69, 9.17) is 39.5 Å². The summed E-state index contributed by atoms with van der Waals surface area (Å²) in [5, 5.41) is 3.63. The highest BCUT2D eigenvalue weighted by Crippen LogP contribution is 2.32. The first-order valence-electron chi connectivity index (χ1n) is 8.41. The zero-order chi connectivity index (χ0) is 19.9. The highest BCUT2D eigenvalue weighted by molar-refractivity contribution is 6.44. The summed E-state index contributed by atoms with van der Waals surface area (Å²) in [4.78, 5) is 12.1. The summed E-state index contributed by atoms with van der Waals surface area (Å²) in [5.41, 5.74) is 2.36. The molecule has 0 aliphatic heterocycles. The lowest BCUT2D eigenvalue weighted by atomic mass is 10.2. The van der Waals surface area contributed by atoms with Crippen molar-refractivity contribution in [2.45, 2.75) is 6.61 Å². The molecule has 0 heterocycles. The summed E-state index contributed by atoms with van der Waals surface area (Å²) >= 11 is 17.9. The van der Waals surface area contributed by atoms with Crippen molar-refractivity contribution in [2.24, 2.45) is 0 Å². The molecule has 0 saturated carbocycles. The maximum Gasteiger partial charge on any atom is 0.248 e. The van der Waals surface area contributed by atoms with Crippen molar-refractivity contribution in [1.82, 2.24) is 0 Å². The molecule has 0 aliphatic carbocycles. The second kappa shape index (κ2) is 9.65. The Labute approximate surface area is 178 Å². The van der Waals surface area contributed by atoms with E-state index in [9.17, 15) is 4.79 Å². The Balaban J connectivity index is 1.56. The first-order chi connectivity index (χ1) is 13.5. The van der Waals surface area contributed by atoms with Gasteiger partial charge in [0.2, 0.25) is 5.91 Å². The number of anilines is 1. The molecule has 0 fully saturated rings. The van der Waals surface area contributed by atoms with Gasteiger partial charge in [0.15, 0.2) is 0 Å². The highest BCUT2D eigenvalue weighted by atomic mass is 35.5. The Morgan fingerprint density at radius 3 is 2.29 bits per heavy atom. The van der Waals surface area contributed by atoms with Crippen LogP contribution in [0.2, 0.25) is 15.1 Å². The third-order valence-electron chi connectivity index (χ3n) is 3.82. The van der Waals surface area contributed by atoms with Crippen molar-refractivity contribution in [1.29, 1.82) is 0 Å². The lowest BCUT2D eigenvalue weighted by molar-refractivity contribution is -0.111. The predicted octanol–water partition coefficient (Wildman–Crippen LogP) is 6.88. The number of benzene rings is 3. The number of hydrogen-bond acceptors (Lipinski definition) is 2. The van der Waals surface area contributed by atoms with Crippen LogP contribution in [0.3, 0.4) is 0 Å². The molecule has 3 aromatic rings. The fourth-order valence-corrected chi connectivity index (χ4v) is 2.97. The van der Waals surface area contributed by atoms with Gasteiger partial charge in [0.1, 0.15) is 12.4 Å². The summed E-state index contributed by atoms with van der Waals surface area (Å²) < 4.78 is 5.74. The van der Waals surface area contributed by atoms with Gasteiger partial charge in [-0.1, -0.05) is 77.3 Å². The number of halogens is 3. The van der Waals surface area contributed by atoms with Gasteiger partial charge in [-0.15, -0.1) is 0 Å². The lowest BCUT2D eigenvalue weighted by Gasteiger charge is -2.07. The second-order valence-corrected chi connectivity index (χ2v) is 7.13. The Hall–Kier alpha value is -2.46. The molecule has 0 atom stereocenters. The fraction of sp³-hybridized carbons (Fsp3) is 0.0455.